The summed E-state index contributed by atoms with van der Waals surface area (Å²) < 4.78 is 12.8. The lowest BCUT2D eigenvalue weighted by molar-refractivity contribution is 0.0383. The van der Waals surface area contributed by atoms with Crippen molar-refractivity contribution >= 4 is 0 Å². The van der Waals surface area contributed by atoms with E-state index < -0.39 is 6.10 Å². The van der Waals surface area contributed by atoms with E-state index in [9.17, 15) is 9.90 Å². The maximum absolute atomic E-state index is 12.1. The number of rotatable bonds is 6. The molecule has 1 aromatic heterocycles. The highest BCUT2D eigenvalue weighted by Crippen LogP contribution is 2.34. The molecule has 27 heavy (non-hydrogen) atoms. The van der Waals surface area contributed by atoms with Crippen LogP contribution in [0, 0.1) is 5.92 Å². The van der Waals surface area contributed by atoms with Crippen molar-refractivity contribution in [2.45, 2.75) is 25.0 Å². The summed E-state index contributed by atoms with van der Waals surface area (Å²) in [7, 11) is 1.62. The molecule has 4 rings (SSSR count). The topological polar surface area (TPSA) is 63.9 Å². The summed E-state index contributed by atoms with van der Waals surface area (Å²) in [5, 5.41) is 10.4. The number of piperidine rings is 1. The fourth-order valence-corrected chi connectivity index (χ4v) is 4.38. The second-order valence-electron chi connectivity index (χ2n) is 7.56. The maximum atomic E-state index is 12.1. The molecule has 2 aliphatic rings. The number of fused-ring (bicyclic) bond motifs is 4. The van der Waals surface area contributed by atoms with Gasteiger partial charge in [0.05, 0.1) is 7.11 Å². The second kappa shape index (κ2) is 7.74. The van der Waals surface area contributed by atoms with Gasteiger partial charge in [-0.3, -0.25) is 9.69 Å². The lowest BCUT2D eigenvalue weighted by Crippen LogP contribution is -2.49. The van der Waals surface area contributed by atoms with Gasteiger partial charge >= 0.3 is 0 Å². The van der Waals surface area contributed by atoms with E-state index >= 15 is 0 Å². The SMILES string of the molecule is COc1cccc(OCC(O)CN2C[C@H]3C[C@@H](C2)c2cccc(=O)n2C3)c1. The van der Waals surface area contributed by atoms with Gasteiger partial charge in [-0.15, -0.1) is 0 Å². The number of β-amino-alcohol motifs (C(OH)–C–C–N with tert-alkyl or cyclic N) is 1. The Bertz CT molecular complexity index is 850. The fourth-order valence-electron chi connectivity index (χ4n) is 4.38. The molecule has 0 saturated carbocycles. The van der Waals surface area contributed by atoms with Gasteiger partial charge < -0.3 is 19.1 Å². The number of nitrogens with zero attached hydrogens (tertiary/aromatic N) is 2. The monoisotopic (exact) mass is 370 g/mol. The van der Waals surface area contributed by atoms with E-state index in [1.807, 2.05) is 34.9 Å². The van der Waals surface area contributed by atoms with Gasteiger partial charge in [0.15, 0.2) is 0 Å². The molecule has 1 fully saturated rings. The Kier molecular flexibility index (Phi) is 5.18. The van der Waals surface area contributed by atoms with Crippen LogP contribution in [0.4, 0.5) is 0 Å². The third-order valence-corrected chi connectivity index (χ3v) is 5.51. The molecule has 6 nitrogen and oxygen atoms in total. The van der Waals surface area contributed by atoms with Crippen molar-refractivity contribution in [1.82, 2.24) is 9.47 Å². The molecule has 2 bridgehead atoms. The molecule has 144 valence electrons. The molecule has 0 radical (unpaired) electrons. The number of pyridine rings is 1. The minimum Gasteiger partial charge on any atom is -0.497 e. The average Bonchev–Trinajstić information content (AvgIpc) is 2.67. The average molecular weight is 370 g/mol. The minimum absolute atomic E-state index is 0.0994. The van der Waals surface area contributed by atoms with E-state index in [1.54, 1.807) is 13.2 Å². The molecule has 1 N–H and O–H groups in total. The summed E-state index contributed by atoms with van der Waals surface area (Å²) in [6.45, 7) is 3.38. The first kappa shape index (κ1) is 18.1. The van der Waals surface area contributed by atoms with Crippen molar-refractivity contribution in [3.8, 4) is 11.5 Å². The van der Waals surface area contributed by atoms with Crippen LogP contribution in [0.25, 0.3) is 0 Å². The number of methoxy groups -OCH3 is 1. The van der Waals surface area contributed by atoms with Crippen LogP contribution in [0.2, 0.25) is 0 Å². The zero-order valence-corrected chi connectivity index (χ0v) is 15.6. The van der Waals surface area contributed by atoms with Gasteiger partial charge in [-0.05, 0) is 30.5 Å². The summed E-state index contributed by atoms with van der Waals surface area (Å²) in [6, 6.07) is 13.0. The molecule has 2 aromatic rings. The predicted molar refractivity (Wildman–Crippen MR) is 102 cm³/mol. The number of aliphatic hydroxyl groups is 1. The van der Waals surface area contributed by atoms with Gasteiger partial charge in [-0.2, -0.15) is 0 Å². The maximum Gasteiger partial charge on any atom is 0.250 e. The number of likely N-dealkylation sites (tertiary alicyclic amines) is 1. The third kappa shape index (κ3) is 4.01. The molecule has 0 amide bonds. The smallest absolute Gasteiger partial charge is 0.250 e. The van der Waals surface area contributed by atoms with E-state index in [4.69, 9.17) is 9.47 Å². The van der Waals surface area contributed by atoms with Crippen molar-refractivity contribution in [2.75, 3.05) is 33.4 Å². The molecule has 3 heterocycles. The third-order valence-electron chi connectivity index (χ3n) is 5.51. The van der Waals surface area contributed by atoms with Crippen molar-refractivity contribution in [3.05, 3.63) is 58.5 Å². The van der Waals surface area contributed by atoms with Crippen LogP contribution in [0.1, 0.15) is 18.0 Å². The summed E-state index contributed by atoms with van der Waals surface area (Å²) >= 11 is 0. The van der Waals surface area contributed by atoms with Crippen LogP contribution in [0.15, 0.2) is 47.3 Å². The Morgan fingerprint density at radius 2 is 1.96 bits per heavy atom. The highest BCUT2D eigenvalue weighted by atomic mass is 16.5. The van der Waals surface area contributed by atoms with Crippen molar-refractivity contribution < 1.29 is 14.6 Å². The largest absolute Gasteiger partial charge is 0.497 e. The Morgan fingerprint density at radius 1 is 1.15 bits per heavy atom. The molecule has 1 saturated heterocycles. The number of hydrogen-bond acceptors (Lipinski definition) is 5. The molecular formula is C21H26N2O4. The highest BCUT2D eigenvalue weighted by Gasteiger charge is 2.34. The molecule has 1 aromatic carbocycles. The summed E-state index contributed by atoms with van der Waals surface area (Å²) in [5.41, 5.74) is 1.23. The van der Waals surface area contributed by atoms with Crippen LogP contribution >= 0.6 is 0 Å². The van der Waals surface area contributed by atoms with Crippen LogP contribution in [0.3, 0.4) is 0 Å². The molecular weight excluding hydrogens is 344 g/mol. The minimum atomic E-state index is -0.562. The first-order valence-electron chi connectivity index (χ1n) is 9.49. The Morgan fingerprint density at radius 3 is 2.81 bits per heavy atom. The van der Waals surface area contributed by atoms with Gasteiger partial charge in [-0.25, -0.2) is 0 Å². The second-order valence-corrected chi connectivity index (χ2v) is 7.56. The number of hydrogen-bond donors (Lipinski definition) is 1. The predicted octanol–water partition coefficient (Wildman–Crippen LogP) is 1.72. The van der Waals surface area contributed by atoms with E-state index in [2.05, 4.69) is 11.0 Å². The highest BCUT2D eigenvalue weighted by molar-refractivity contribution is 5.32. The Hall–Kier alpha value is -2.31. The Labute approximate surface area is 158 Å². The summed E-state index contributed by atoms with van der Waals surface area (Å²) in [6.07, 6.45) is 0.559. The summed E-state index contributed by atoms with van der Waals surface area (Å²) in [4.78, 5) is 14.4. The van der Waals surface area contributed by atoms with E-state index in [0.717, 1.165) is 37.5 Å². The molecule has 2 aliphatic heterocycles. The molecule has 1 unspecified atom stereocenters. The molecule has 0 spiro atoms. The normalized spacial score (nSPS) is 22.7. The van der Waals surface area contributed by atoms with Gasteiger partial charge in [-0.1, -0.05) is 12.1 Å². The number of ether oxygens (including phenoxy) is 2. The first-order valence-corrected chi connectivity index (χ1v) is 9.49. The zero-order valence-electron chi connectivity index (χ0n) is 15.6. The zero-order chi connectivity index (χ0) is 18.8. The van der Waals surface area contributed by atoms with Crippen molar-refractivity contribution in [1.29, 1.82) is 0 Å². The van der Waals surface area contributed by atoms with Crippen LogP contribution in [-0.2, 0) is 6.54 Å². The number of aromatic nitrogens is 1. The number of aliphatic hydroxyl groups excluding tert-OH is 1. The van der Waals surface area contributed by atoms with Gasteiger partial charge in [0, 0.05) is 49.9 Å². The fraction of sp³-hybridized carbons (Fsp3) is 0.476. The standard InChI is InChI=1S/C21H26N2O4/c1-26-18-4-2-5-19(9-18)27-14-17(24)13-22-10-15-8-16(12-22)20-6-3-7-21(25)23(20)11-15/h2-7,9,15-17,24H,8,10-14H2,1H3/t15-,16+,17?/m1/s1. The molecule has 3 atom stereocenters. The van der Waals surface area contributed by atoms with E-state index in [0.29, 0.717) is 24.1 Å². The Balaban J connectivity index is 1.34. The molecule has 6 heteroatoms. The van der Waals surface area contributed by atoms with Crippen LogP contribution in [0.5, 0.6) is 11.5 Å². The van der Waals surface area contributed by atoms with Crippen molar-refractivity contribution in [2.24, 2.45) is 5.92 Å². The van der Waals surface area contributed by atoms with E-state index in [1.165, 1.54) is 0 Å². The van der Waals surface area contributed by atoms with E-state index in [-0.39, 0.29) is 12.2 Å². The lowest BCUT2D eigenvalue weighted by Gasteiger charge is -2.43. The van der Waals surface area contributed by atoms with Crippen molar-refractivity contribution in [3.63, 3.8) is 0 Å². The summed E-state index contributed by atoms with van der Waals surface area (Å²) in [5.74, 6) is 2.25. The molecule has 0 aliphatic carbocycles. The number of benzene rings is 1. The van der Waals surface area contributed by atoms with Gasteiger partial charge in [0.25, 0.3) is 5.56 Å². The lowest BCUT2D eigenvalue weighted by atomic mass is 9.83. The first-order chi connectivity index (χ1) is 13.1. The van der Waals surface area contributed by atoms with Crippen LogP contribution < -0.4 is 15.0 Å². The van der Waals surface area contributed by atoms with Crippen LogP contribution in [-0.4, -0.2) is 54.0 Å². The van der Waals surface area contributed by atoms with Gasteiger partial charge in [0.2, 0.25) is 0 Å². The van der Waals surface area contributed by atoms with Gasteiger partial charge in [0.1, 0.15) is 24.2 Å². The quantitative estimate of drug-likeness (QED) is 0.839.